The fourth-order valence-corrected chi connectivity index (χ4v) is 6.57. The van der Waals surface area contributed by atoms with E-state index in [-0.39, 0.29) is 12.4 Å². The maximum Gasteiger partial charge on any atom is 0.329 e. The summed E-state index contributed by atoms with van der Waals surface area (Å²) < 4.78 is 22.6. The zero-order chi connectivity index (χ0) is 29.3. The van der Waals surface area contributed by atoms with Crippen LogP contribution in [0.1, 0.15) is 34.3 Å². The van der Waals surface area contributed by atoms with Gasteiger partial charge >= 0.3 is 5.97 Å². The number of benzene rings is 3. The Hall–Kier alpha value is -4.29. The van der Waals surface area contributed by atoms with Crippen LogP contribution in [-0.2, 0) is 9.53 Å². The van der Waals surface area contributed by atoms with Crippen LogP contribution >= 0.6 is 15.9 Å². The topological polar surface area (TPSA) is 98.1 Å². The number of nitriles is 1. The molecule has 210 valence electrons. The predicted molar refractivity (Wildman–Crippen MR) is 158 cm³/mol. The van der Waals surface area contributed by atoms with Gasteiger partial charge in [0.15, 0.2) is 22.7 Å². The van der Waals surface area contributed by atoms with Crippen molar-refractivity contribution in [3.63, 3.8) is 0 Å². The van der Waals surface area contributed by atoms with Gasteiger partial charge in [0.2, 0.25) is 0 Å². The highest BCUT2D eigenvalue weighted by Crippen LogP contribution is 2.57. The smallest absolute Gasteiger partial charge is 0.329 e. The Morgan fingerprint density at radius 1 is 0.976 bits per heavy atom. The molecule has 3 aromatic carbocycles. The first-order valence-electron chi connectivity index (χ1n) is 13.1. The average molecular weight is 617 g/mol. The van der Waals surface area contributed by atoms with Crippen LogP contribution in [0.3, 0.4) is 0 Å². The molecule has 1 fully saturated rings. The van der Waals surface area contributed by atoms with E-state index in [1.54, 1.807) is 50.4 Å². The number of rotatable bonds is 8. The monoisotopic (exact) mass is 616 g/mol. The highest BCUT2D eigenvalue weighted by molar-refractivity contribution is 9.10. The van der Waals surface area contributed by atoms with Crippen molar-refractivity contribution in [1.82, 2.24) is 0 Å². The first-order valence-corrected chi connectivity index (χ1v) is 13.9. The Balaban J connectivity index is 1.82. The lowest BCUT2D eigenvalue weighted by Gasteiger charge is -2.36. The van der Waals surface area contributed by atoms with Gasteiger partial charge in [-0.3, -0.25) is 9.59 Å². The van der Waals surface area contributed by atoms with Gasteiger partial charge in [-0.2, -0.15) is 5.26 Å². The molecule has 41 heavy (non-hydrogen) atoms. The molecule has 0 aromatic heterocycles. The standard InChI is InChI=1S/C32H29BrN2O6/c1-5-41-31(37)32(18-34)27-15-12-19-8-6-7-9-23(19)35(27)29(30(36)21-11-13-24(38-2)22(33)16-21)28(32)20-10-14-25(39-3)26(17-20)40-4/h6-17,27-29H,5H2,1-4H3/t27-,28-,29-,32+/m1/s1. The SMILES string of the molecule is CCOC(=O)[C@]1(C#N)[C@H](c2ccc(OC)c(OC)c2)[C@H](C(=O)c2ccc(OC)c(Br)c2)N2c3ccccc3C=C[C@@H]21. The quantitative estimate of drug-likeness (QED) is 0.231. The third-order valence-corrected chi connectivity index (χ3v) is 8.43. The second-order valence-corrected chi connectivity index (χ2v) is 10.6. The molecule has 0 N–H and O–H groups in total. The molecule has 0 radical (unpaired) electrons. The van der Waals surface area contributed by atoms with Gasteiger partial charge in [0.25, 0.3) is 0 Å². The van der Waals surface area contributed by atoms with Crippen LogP contribution in [0, 0.1) is 16.7 Å². The zero-order valence-electron chi connectivity index (χ0n) is 23.1. The third kappa shape index (κ3) is 4.43. The molecule has 0 saturated carbocycles. The van der Waals surface area contributed by atoms with Gasteiger partial charge in [0, 0.05) is 17.2 Å². The molecule has 3 aromatic rings. The molecule has 8 nitrogen and oxygen atoms in total. The number of para-hydroxylation sites is 1. The summed E-state index contributed by atoms with van der Waals surface area (Å²) in [4.78, 5) is 30.5. The molecule has 0 amide bonds. The molecule has 2 aliphatic rings. The largest absolute Gasteiger partial charge is 0.496 e. The number of Topliss-reactive ketones (excluding diaryl/α,β-unsaturated/α-hetero) is 1. The van der Waals surface area contributed by atoms with Crippen LogP contribution in [0.25, 0.3) is 6.08 Å². The molecule has 0 unspecified atom stereocenters. The lowest BCUT2D eigenvalue weighted by atomic mass is 9.68. The van der Waals surface area contributed by atoms with E-state index in [0.717, 1.165) is 11.3 Å². The number of carbonyl (C=O) groups excluding carboxylic acids is 2. The second kappa shape index (κ2) is 11.3. The van der Waals surface area contributed by atoms with E-state index < -0.39 is 29.4 Å². The normalized spacial score (nSPS) is 22.2. The molecule has 5 rings (SSSR count). The molecule has 2 heterocycles. The molecule has 2 aliphatic heterocycles. The van der Waals surface area contributed by atoms with Crippen molar-refractivity contribution in [1.29, 1.82) is 5.26 Å². The highest BCUT2D eigenvalue weighted by atomic mass is 79.9. The van der Waals surface area contributed by atoms with Crippen LogP contribution in [0.5, 0.6) is 17.2 Å². The van der Waals surface area contributed by atoms with Crippen molar-refractivity contribution in [2.24, 2.45) is 5.41 Å². The van der Waals surface area contributed by atoms with Gasteiger partial charge in [0.05, 0.1) is 44.5 Å². The maximum atomic E-state index is 14.7. The number of nitrogens with zero attached hydrogens (tertiary/aromatic N) is 2. The van der Waals surface area contributed by atoms with Crippen LogP contribution in [0.15, 0.2) is 71.2 Å². The number of fused-ring (bicyclic) bond motifs is 3. The number of esters is 1. The Labute approximate surface area is 247 Å². The summed E-state index contributed by atoms with van der Waals surface area (Å²) in [6.07, 6.45) is 3.72. The Kier molecular flexibility index (Phi) is 7.78. The number of carbonyl (C=O) groups is 2. The number of hydrogen-bond acceptors (Lipinski definition) is 8. The number of ether oxygens (including phenoxy) is 4. The average Bonchev–Trinajstić information content (AvgIpc) is 3.32. The number of ketones is 1. The van der Waals surface area contributed by atoms with E-state index in [1.165, 1.54) is 14.2 Å². The van der Waals surface area contributed by atoms with E-state index in [0.29, 0.717) is 32.8 Å². The van der Waals surface area contributed by atoms with E-state index >= 15 is 0 Å². The number of methoxy groups -OCH3 is 3. The first-order chi connectivity index (χ1) is 19.9. The van der Waals surface area contributed by atoms with E-state index in [2.05, 4.69) is 22.0 Å². The molecule has 0 aliphatic carbocycles. The van der Waals surface area contributed by atoms with Gasteiger partial charge in [-0.15, -0.1) is 0 Å². The van der Waals surface area contributed by atoms with Crippen molar-refractivity contribution < 1.29 is 28.5 Å². The summed E-state index contributed by atoms with van der Waals surface area (Å²) in [6, 6.07) is 18.6. The van der Waals surface area contributed by atoms with Crippen molar-refractivity contribution >= 4 is 39.4 Å². The fourth-order valence-electron chi connectivity index (χ4n) is 6.03. The number of hydrogen-bond donors (Lipinski definition) is 0. The van der Waals surface area contributed by atoms with Crippen molar-refractivity contribution in [2.45, 2.75) is 24.9 Å². The highest BCUT2D eigenvalue weighted by Gasteiger charge is 2.67. The molecule has 0 spiro atoms. The zero-order valence-corrected chi connectivity index (χ0v) is 24.7. The summed E-state index contributed by atoms with van der Waals surface area (Å²) in [5.74, 6) is -0.401. The lowest BCUT2D eigenvalue weighted by Crippen LogP contribution is -2.47. The summed E-state index contributed by atoms with van der Waals surface area (Å²) in [6.45, 7) is 1.78. The van der Waals surface area contributed by atoms with Crippen LogP contribution in [0.4, 0.5) is 5.69 Å². The molecular formula is C32H29BrN2O6. The Bertz CT molecular complexity index is 1580. The summed E-state index contributed by atoms with van der Waals surface area (Å²) in [7, 11) is 4.59. The minimum atomic E-state index is -1.76. The van der Waals surface area contributed by atoms with E-state index in [9.17, 15) is 14.9 Å². The van der Waals surface area contributed by atoms with Crippen LogP contribution in [0.2, 0.25) is 0 Å². The maximum absolute atomic E-state index is 14.7. The van der Waals surface area contributed by atoms with Crippen LogP contribution in [-0.4, -0.2) is 51.8 Å². The minimum absolute atomic E-state index is 0.0813. The van der Waals surface area contributed by atoms with Crippen molar-refractivity contribution in [3.8, 4) is 23.3 Å². The van der Waals surface area contributed by atoms with Crippen molar-refractivity contribution in [2.75, 3.05) is 32.8 Å². The summed E-state index contributed by atoms with van der Waals surface area (Å²) >= 11 is 3.49. The van der Waals surface area contributed by atoms with Gasteiger partial charge < -0.3 is 23.8 Å². The molecule has 4 atom stereocenters. The summed E-state index contributed by atoms with van der Waals surface area (Å²) in [5.41, 5.74) is 0.836. The summed E-state index contributed by atoms with van der Waals surface area (Å²) in [5, 5.41) is 10.9. The molecule has 1 saturated heterocycles. The van der Waals surface area contributed by atoms with E-state index in [4.69, 9.17) is 18.9 Å². The molecule has 0 bridgehead atoms. The van der Waals surface area contributed by atoms with Gasteiger partial charge in [0.1, 0.15) is 11.8 Å². The van der Waals surface area contributed by atoms with Crippen molar-refractivity contribution in [3.05, 3.63) is 87.9 Å². The number of anilines is 1. The Morgan fingerprint density at radius 3 is 2.34 bits per heavy atom. The molecule has 9 heteroatoms. The minimum Gasteiger partial charge on any atom is -0.496 e. The first kappa shape index (κ1) is 28.2. The predicted octanol–water partition coefficient (Wildman–Crippen LogP) is 5.80. The Morgan fingerprint density at radius 2 is 1.68 bits per heavy atom. The third-order valence-electron chi connectivity index (χ3n) is 7.82. The fraction of sp³-hybridized carbons (Fsp3) is 0.281. The molecular weight excluding hydrogens is 588 g/mol. The second-order valence-electron chi connectivity index (χ2n) is 9.72. The van der Waals surface area contributed by atoms with Crippen LogP contribution < -0.4 is 19.1 Å². The van der Waals surface area contributed by atoms with Gasteiger partial charge in [-0.1, -0.05) is 36.4 Å². The van der Waals surface area contributed by atoms with Gasteiger partial charge in [-0.25, -0.2) is 0 Å². The lowest BCUT2D eigenvalue weighted by molar-refractivity contribution is -0.152. The van der Waals surface area contributed by atoms with Gasteiger partial charge in [-0.05, 0) is 70.4 Å². The van der Waals surface area contributed by atoms with E-state index in [1.807, 2.05) is 41.3 Å². The number of halogens is 1.